The summed E-state index contributed by atoms with van der Waals surface area (Å²) in [7, 11) is 0. The molecule has 0 saturated carbocycles. The molecule has 4 nitrogen and oxygen atoms in total. The first-order valence-corrected chi connectivity index (χ1v) is 4.15. The fourth-order valence-electron chi connectivity index (χ4n) is 0.896. The molecule has 5 heteroatoms. The van der Waals surface area contributed by atoms with E-state index in [0.717, 1.165) is 11.4 Å². The van der Waals surface area contributed by atoms with Gasteiger partial charge in [0.1, 0.15) is 5.82 Å². The Bertz CT molecular complexity index is 340. The van der Waals surface area contributed by atoms with Crippen LogP contribution in [0.5, 0.6) is 0 Å². The van der Waals surface area contributed by atoms with E-state index in [1.54, 1.807) is 17.1 Å². The summed E-state index contributed by atoms with van der Waals surface area (Å²) in [5.41, 5.74) is 2.31. The highest BCUT2D eigenvalue weighted by atomic mass is 32.1. The van der Waals surface area contributed by atoms with Gasteiger partial charge in [-0.25, -0.2) is 9.67 Å². The zero-order valence-corrected chi connectivity index (χ0v) is 8.08. The van der Waals surface area contributed by atoms with Crippen LogP contribution >= 0.6 is 12.2 Å². The monoisotopic (exact) mass is 194 g/mol. The number of aliphatic imine (C=N–C) groups is 1. The maximum atomic E-state index is 4.54. The van der Waals surface area contributed by atoms with E-state index in [4.69, 9.17) is 0 Å². The van der Waals surface area contributed by atoms with Gasteiger partial charge in [0.05, 0.1) is 18.0 Å². The van der Waals surface area contributed by atoms with E-state index in [0.29, 0.717) is 0 Å². The molecule has 0 unspecified atom stereocenters. The summed E-state index contributed by atoms with van der Waals surface area (Å²) in [6.45, 7) is 5.57. The third kappa shape index (κ3) is 2.22. The summed E-state index contributed by atoms with van der Waals surface area (Å²) in [4.78, 5) is 3.74. The summed E-state index contributed by atoms with van der Waals surface area (Å²) < 4.78 is 1.63. The molecule has 0 fully saturated rings. The Balaban J connectivity index is 2.84. The predicted octanol–water partition coefficient (Wildman–Crippen LogP) is 1.69. The first-order valence-electron chi connectivity index (χ1n) is 3.68. The van der Waals surface area contributed by atoms with Crippen molar-refractivity contribution in [1.82, 2.24) is 9.78 Å². The average molecular weight is 194 g/mol. The van der Waals surface area contributed by atoms with Gasteiger partial charge in [0.25, 0.3) is 0 Å². The Morgan fingerprint density at radius 1 is 1.77 bits per heavy atom. The summed E-state index contributed by atoms with van der Waals surface area (Å²) in [5, 5.41) is 7.00. The molecule has 1 rings (SSSR count). The Hall–Kier alpha value is -1.49. The van der Waals surface area contributed by atoms with Crippen LogP contribution in [0.2, 0.25) is 0 Å². The number of thiocarbonyl (C=S) groups is 1. The molecule has 0 amide bonds. The summed E-state index contributed by atoms with van der Waals surface area (Å²) in [5.74, 6) is 0.843. The van der Waals surface area contributed by atoms with Gasteiger partial charge in [-0.1, -0.05) is 18.8 Å². The number of hydrogen-bond acceptors (Lipinski definition) is 2. The minimum Gasteiger partial charge on any atom is -0.331 e. The largest absolute Gasteiger partial charge is 0.331 e. The van der Waals surface area contributed by atoms with Crippen molar-refractivity contribution in [2.45, 2.75) is 6.92 Å². The van der Waals surface area contributed by atoms with Gasteiger partial charge in [0.2, 0.25) is 0 Å². The normalized spacial score (nSPS) is 10.2. The molecule has 0 aromatic carbocycles. The Labute approximate surface area is 82.0 Å². The van der Waals surface area contributed by atoms with Gasteiger partial charge in [-0.15, -0.1) is 0 Å². The molecule has 0 bridgehead atoms. The highest BCUT2D eigenvalue weighted by molar-refractivity contribution is 7.78. The molecular formula is C8H10N4S. The molecule has 0 radical (unpaired) electrons. The molecule has 0 aliphatic carbocycles. The zero-order chi connectivity index (χ0) is 9.68. The molecule has 1 aromatic rings. The molecular weight excluding hydrogens is 184 g/mol. The molecule has 68 valence electrons. The molecule has 13 heavy (non-hydrogen) atoms. The minimum atomic E-state index is 0.843. The van der Waals surface area contributed by atoms with Gasteiger partial charge in [-0.2, -0.15) is 5.10 Å². The number of aromatic nitrogens is 2. The van der Waals surface area contributed by atoms with Crippen molar-refractivity contribution < 1.29 is 0 Å². The van der Waals surface area contributed by atoms with Crippen LogP contribution in [0.4, 0.5) is 5.82 Å². The fourth-order valence-corrected chi connectivity index (χ4v) is 0.956. The lowest BCUT2D eigenvalue weighted by Gasteiger charge is -2.01. The van der Waals surface area contributed by atoms with Gasteiger partial charge >= 0.3 is 0 Å². The van der Waals surface area contributed by atoms with E-state index in [-0.39, 0.29) is 0 Å². The van der Waals surface area contributed by atoms with Crippen LogP contribution in [0.25, 0.3) is 6.20 Å². The summed E-state index contributed by atoms with van der Waals surface area (Å²) in [6.07, 6.45) is 4.87. The molecule has 0 atom stereocenters. The third-order valence-corrected chi connectivity index (χ3v) is 1.61. The minimum absolute atomic E-state index is 0.843. The smallest absolute Gasteiger partial charge is 0.137 e. The van der Waals surface area contributed by atoms with Crippen molar-refractivity contribution in [2.24, 2.45) is 4.99 Å². The highest BCUT2D eigenvalue weighted by Crippen LogP contribution is 2.12. The van der Waals surface area contributed by atoms with E-state index >= 15 is 0 Å². The van der Waals surface area contributed by atoms with E-state index in [9.17, 15) is 0 Å². The maximum absolute atomic E-state index is 4.54. The fraction of sp³-hybridized carbons (Fsp3) is 0.125. The molecule has 0 aliphatic heterocycles. The van der Waals surface area contributed by atoms with Crippen molar-refractivity contribution in [1.29, 1.82) is 0 Å². The third-order valence-electron chi connectivity index (χ3n) is 1.49. The second kappa shape index (κ2) is 4.51. The first kappa shape index (κ1) is 9.60. The maximum Gasteiger partial charge on any atom is 0.137 e. The molecule has 1 aromatic heterocycles. The Morgan fingerprint density at radius 3 is 3.15 bits per heavy atom. The van der Waals surface area contributed by atoms with E-state index in [1.165, 1.54) is 11.8 Å². The van der Waals surface area contributed by atoms with Crippen molar-refractivity contribution >= 4 is 36.1 Å². The van der Waals surface area contributed by atoms with Crippen molar-refractivity contribution in [3.8, 4) is 0 Å². The van der Waals surface area contributed by atoms with Crippen LogP contribution in [0.15, 0.2) is 17.8 Å². The quantitative estimate of drug-likeness (QED) is 0.450. The Kier molecular flexibility index (Phi) is 3.33. The first-order chi connectivity index (χ1) is 6.29. The van der Waals surface area contributed by atoms with Gasteiger partial charge in [-0.05, 0) is 6.92 Å². The zero-order valence-electron chi connectivity index (χ0n) is 7.27. The second-order valence-corrected chi connectivity index (χ2v) is 2.54. The van der Waals surface area contributed by atoms with Crippen molar-refractivity contribution in [2.75, 3.05) is 5.32 Å². The number of rotatable bonds is 4. The SMILES string of the molecule is C=Cn1ncc(C)c1NC=NC=S. The number of aryl methyl sites for hydroxylation is 1. The van der Waals surface area contributed by atoms with E-state index < -0.39 is 0 Å². The van der Waals surface area contributed by atoms with Gasteiger partial charge in [-0.3, -0.25) is 0 Å². The van der Waals surface area contributed by atoms with Gasteiger partial charge in [0.15, 0.2) is 0 Å². The predicted molar refractivity (Wildman–Crippen MR) is 59.1 cm³/mol. The van der Waals surface area contributed by atoms with Crippen LogP contribution in [0.1, 0.15) is 5.56 Å². The molecule has 0 saturated heterocycles. The van der Waals surface area contributed by atoms with Crippen LogP contribution in [0.3, 0.4) is 0 Å². The van der Waals surface area contributed by atoms with E-state index in [1.807, 2.05) is 6.92 Å². The number of nitrogens with one attached hydrogen (secondary N) is 1. The molecule has 1 heterocycles. The number of hydrogen-bond donors (Lipinski definition) is 1. The second-order valence-electron chi connectivity index (χ2n) is 2.33. The lowest BCUT2D eigenvalue weighted by molar-refractivity contribution is 0.946. The van der Waals surface area contributed by atoms with E-state index in [2.05, 4.69) is 34.2 Å². The van der Waals surface area contributed by atoms with Crippen molar-refractivity contribution in [3.63, 3.8) is 0 Å². The number of nitrogens with zero attached hydrogens (tertiary/aromatic N) is 3. The lowest BCUT2D eigenvalue weighted by atomic mass is 10.4. The topological polar surface area (TPSA) is 42.2 Å². The Morgan fingerprint density at radius 2 is 2.54 bits per heavy atom. The van der Waals surface area contributed by atoms with Crippen LogP contribution in [-0.2, 0) is 0 Å². The summed E-state index contributed by atoms with van der Waals surface area (Å²) >= 11 is 4.54. The molecule has 1 N–H and O–H groups in total. The molecule has 0 spiro atoms. The highest BCUT2D eigenvalue weighted by Gasteiger charge is 2.01. The van der Waals surface area contributed by atoms with Crippen LogP contribution < -0.4 is 5.32 Å². The molecule has 0 aliphatic rings. The van der Waals surface area contributed by atoms with Crippen LogP contribution in [0, 0.1) is 6.92 Å². The standard InChI is InChI=1S/C8H10N4S/c1-3-12-8(7(2)4-11-12)10-5-9-6-13/h3-6H,1H2,2H3,(H,9,10,13). The number of anilines is 1. The lowest BCUT2D eigenvalue weighted by Crippen LogP contribution is -2.02. The summed E-state index contributed by atoms with van der Waals surface area (Å²) in [6, 6.07) is 0. The van der Waals surface area contributed by atoms with Gasteiger partial charge < -0.3 is 5.32 Å². The van der Waals surface area contributed by atoms with Crippen molar-refractivity contribution in [3.05, 3.63) is 18.3 Å². The van der Waals surface area contributed by atoms with Crippen LogP contribution in [-0.4, -0.2) is 21.6 Å². The van der Waals surface area contributed by atoms with Gasteiger partial charge in [0, 0.05) is 11.8 Å². The average Bonchev–Trinajstić information content (AvgIpc) is 2.48.